The van der Waals surface area contributed by atoms with Gasteiger partial charge in [-0.1, -0.05) is 30.3 Å². The van der Waals surface area contributed by atoms with E-state index in [1.54, 1.807) is 17.7 Å². The van der Waals surface area contributed by atoms with Crippen molar-refractivity contribution in [3.63, 3.8) is 0 Å². The van der Waals surface area contributed by atoms with Crippen molar-refractivity contribution >= 4 is 27.4 Å². The van der Waals surface area contributed by atoms with Gasteiger partial charge in [0.25, 0.3) is 0 Å². The Bertz CT molecular complexity index is 760. The van der Waals surface area contributed by atoms with Crippen molar-refractivity contribution in [2.45, 2.75) is 25.8 Å². The Labute approximate surface area is 121 Å². The molecule has 0 saturated heterocycles. The predicted molar refractivity (Wildman–Crippen MR) is 84.2 cm³/mol. The van der Waals surface area contributed by atoms with Crippen molar-refractivity contribution in [1.82, 2.24) is 9.97 Å². The summed E-state index contributed by atoms with van der Waals surface area (Å²) in [5, 5.41) is 4.70. The van der Waals surface area contributed by atoms with E-state index in [1.807, 2.05) is 6.07 Å². The number of nitrogens with one attached hydrogen (secondary N) is 1. The van der Waals surface area contributed by atoms with Crippen LogP contribution in [-0.2, 0) is 0 Å². The highest BCUT2D eigenvalue weighted by Gasteiger charge is 2.23. The molecule has 0 radical (unpaired) electrons. The second kappa shape index (κ2) is 4.56. The maximum Gasteiger partial charge on any atom is 0.138 e. The van der Waals surface area contributed by atoms with Crippen LogP contribution in [-0.4, -0.2) is 16.0 Å². The molecule has 20 heavy (non-hydrogen) atoms. The standard InChI is InChI=1S/C16H15N3S/c1-10-13-15(19-12-7-8-12)17-9-18-16(13)20-14(10)11-5-3-2-4-6-11/h2-6,9,12H,7-8H2,1H3,(H,17,18,19). The second-order valence-electron chi connectivity index (χ2n) is 5.24. The van der Waals surface area contributed by atoms with Crippen LogP contribution < -0.4 is 5.32 Å². The second-order valence-corrected chi connectivity index (χ2v) is 6.24. The summed E-state index contributed by atoms with van der Waals surface area (Å²) >= 11 is 1.75. The van der Waals surface area contributed by atoms with Crippen LogP contribution in [0.1, 0.15) is 18.4 Å². The Morgan fingerprint density at radius 1 is 1.15 bits per heavy atom. The normalized spacial score (nSPS) is 14.7. The minimum Gasteiger partial charge on any atom is -0.367 e. The fraction of sp³-hybridized carbons (Fsp3) is 0.250. The summed E-state index contributed by atoms with van der Waals surface area (Å²) in [7, 11) is 0. The lowest BCUT2D eigenvalue weighted by atomic mass is 10.1. The topological polar surface area (TPSA) is 37.8 Å². The molecule has 1 saturated carbocycles. The molecule has 0 aliphatic heterocycles. The van der Waals surface area contributed by atoms with Crippen LogP contribution in [0, 0.1) is 6.92 Å². The quantitative estimate of drug-likeness (QED) is 0.780. The maximum absolute atomic E-state index is 4.44. The van der Waals surface area contributed by atoms with E-state index >= 15 is 0 Å². The molecule has 1 aliphatic rings. The molecule has 4 heteroatoms. The molecule has 0 spiro atoms. The first-order valence-corrected chi connectivity index (χ1v) is 7.70. The van der Waals surface area contributed by atoms with Crippen molar-refractivity contribution in [3.8, 4) is 10.4 Å². The number of benzene rings is 1. The van der Waals surface area contributed by atoms with Crippen LogP contribution in [0.3, 0.4) is 0 Å². The van der Waals surface area contributed by atoms with Gasteiger partial charge in [-0.15, -0.1) is 11.3 Å². The average molecular weight is 281 g/mol. The van der Waals surface area contributed by atoms with Crippen molar-refractivity contribution < 1.29 is 0 Å². The van der Waals surface area contributed by atoms with Gasteiger partial charge in [0.15, 0.2) is 0 Å². The molecule has 1 aliphatic carbocycles. The van der Waals surface area contributed by atoms with Gasteiger partial charge in [0.05, 0.1) is 5.39 Å². The van der Waals surface area contributed by atoms with Gasteiger partial charge < -0.3 is 5.32 Å². The monoisotopic (exact) mass is 281 g/mol. The molecule has 1 aromatic carbocycles. The molecule has 3 nitrogen and oxygen atoms in total. The van der Waals surface area contributed by atoms with Gasteiger partial charge in [-0.2, -0.15) is 0 Å². The Hall–Kier alpha value is -1.94. The van der Waals surface area contributed by atoms with E-state index in [1.165, 1.54) is 34.2 Å². The number of aryl methyl sites for hydroxylation is 1. The van der Waals surface area contributed by atoms with Gasteiger partial charge in [0.2, 0.25) is 0 Å². The predicted octanol–water partition coefficient (Wildman–Crippen LogP) is 4.24. The molecule has 3 aromatic rings. The number of hydrogen-bond donors (Lipinski definition) is 1. The zero-order chi connectivity index (χ0) is 13.5. The molecular weight excluding hydrogens is 266 g/mol. The van der Waals surface area contributed by atoms with E-state index in [0.717, 1.165) is 10.6 Å². The summed E-state index contributed by atoms with van der Waals surface area (Å²) < 4.78 is 0. The highest BCUT2D eigenvalue weighted by molar-refractivity contribution is 7.22. The number of hydrogen-bond acceptors (Lipinski definition) is 4. The first-order valence-electron chi connectivity index (χ1n) is 6.89. The molecule has 100 valence electrons. The van der Waals surface area contributed by atoms with Gasteiger partial charge in [-0.25, -0.2) is 9.97 Å². The van der Waals surface area contributed by atoms with Crippen LogP contribution in [0.2, 0.25) is 0 Å². The summed E-state index contributed by atoms with van der Waals surface area (Å²) in [6.45, 7) is 2.17. The van der Waals surface area contributed by atoms with Gasteiger partial charge in [-0.05, 0) is 30.9 Å². The van der Waals surface area contributed by atoms with Gasteiger partial charge in [0.1, 0.15) is 17.0 Å². The van der Waals surface area contributed by atoms with Crippen molar-refractivity contribution in [2.75, 3.05) is 5.32 Å². The fourth-order valence-electron chi connectivity index (χ4n) is 2.47. The van der Waals surface area contributed by atoms with Crippen LogP contribution in [0.25, 0.3) is 20.7 Å². The van der Waals surface area contributed by atoms with Crippen molar-refractivity contribution in [3.05, 3.63) is 42.2 Å². The minimum atomic E-state index is 0.604. The van der Waals surface area contributed by atoms with Crippen LogP contribution in [0.5, 0.6) is 0 Å². The number of thiophene rings is 1. The summed E-state index contributed by atoms with van der Waals surface area (Å²) in [4.78, 5) is 11.2. The lowest BCUT2D eigenvalue weighted by Crippen LogP contribution is -2.03. The summed E-state index contributed by atoms with van der Waals surface area (Å²) in [6.07, 6.45) is 4.16. The van der Waals surface area contributed by atoms with E-state index in [-0.39, 0.29) is 0 Å². The minimum absolute atomic E-state index is 0.604. The zero-order valence-corrected chi connectivity index (χ0v) is 12.1. The van der Waals surface area contributed by atoms with E-state index in [4.69, 9.17) is 0 Å². The molecule has 4 rings (SSSR count). The SMILES string of the molecule is Cc1c(-c2ccccc2)sc2ncnc(NC3CC3)c12. The molecule has 0 atom stereocenters. The Morgan fingerprint density at radius 2 is 1.95 bits per heavy atom. The van der Waals surface area contributed by atoms with Gasteiger partial charge >= 0.3 is 0 Å². The molecule has 0 amide bonds. The largest absolute Gasteiger partial charge is 0.367 e. The zero-order valence-electron chi connectivity index (χ0n) is 11.3. The summed E-state index contributed by atoms with van der Waals surface area (Å²) in [5.41, 5.74) is 2.53. The number of rotatable bonds is 3. The lowest BCUT2D eigenvalue weighted by Gasteiger charge is -2.05. The Morgan fingerprint density at radius 3 is 2.70 bits per heavy atom. The third kappa shape index (κ3) is 1.96. The first-order chi connectivity index (χ1) is 9.83. The lowest BCUT2D eigenvalue weighted by molar-refractivity contribution is 1.11. The summed E-state index contributed by atoms with van der Waals surface area (Å²) in [5.74, 6) is 0.994. The fourth-order valence-corrected chi connectivity index (χ4v) is 3.62. The molecule has 0 bridgehead atoms. The third-order valence-corrected chi connectivity index (χ3v) is 4.93. The molecular formula is C16H15N3S. The van der Waals surface area contributed by atoms with Crippen molar-refractivity contribution in [2.24, 2.45) is 0 Å². The van der Waals surface area contributed by atoms with Crippen molar-refractivity contribution in [1.29, 1.82) is 0 Å². The molecule has 0 unspecified atom stereocenters. The van der Waals surface area contributed by atoms with E-state index in [9.17, 15) is 0 Å². The number of aromatic nitrogens is 2. The molecule has 1 N–H and O–H groups in total. The van der Waals surface area contributed by atoms with Crippen LogP contribution in [0.15, 0.2) is 36.7 Å². The molecule has 2 heterocycles. The highest BCUT2D eigenvalue weighted by Crippen LogP contribution is 2.40. The van der Waals surface area contributed by atoms with Gasteiger partial charge in [-0.3, -0.25) is 0 Å². The Kier molecular flexibility index (Phi) is 2.70. The van der Waals surface area contributed by atoms with Crippen LogP contribution in [0.4, 0.5) is 5.82 Å². The summed E-state index contributed by atoms with van der Waals surface area (Å²) in [6, 6.07) is 11.1. The number of fused-ring (bicyclic) bond motifs is 1. The van der Waals surface area contributed by atoms with E-state index in [2.05, 4.69) is 46.5 Å². The van der Waals surface area contributed by atoms with Gasteiger partial charge in [0, 0.05) is 10.9 Å². The molecule has 2 aromatic heterocycles. The van der Waals surface area contributed by atoms with Crippen LogP contribution >= 0.6 is 11.3 Å². The smallest absolute Gasteiger partial charge is 0.138 e. The van der Waals surface area contributed by atoms with E-state index < -0.39 is 0 Å². The first kappa shape index (κ1) is 11.9. The average Bonchev–Trinajstić information content (AvgIpc) is 3.23. The Balaban J connectivity index is 1.89. The number of anilines is 1. The third-order valence-electron chi connectivity index (χ3n) is 3.68. The maximum atomic E-state index is 4.44. The highest BCUT2D eigenvalue weighted by atomic mass is 32.1. The number of nitrogens with zero attached hydrogens (tertiary/aromatic N) is 2. The molecule has 1 fully saturated rings. The van der Waals surface area contributed by atoms with E-state index in [0.29, 0.717) is 6.04 Å².